The van der Waals surface area contributed by atoms with E-state index in [0.29, 0.717) is 36.0 Å². The molecule has 0 spiro atoms. The summed E-state index contributed by atoms with van der Waals surface area (Å²) >= 11 is 0. The Hall–Kier alpha value is -2.66. The van der Waals surface area contributed by atoms with Crippen molar-refractivity contribution in [3.05, 3.63) is 35.2 Å². The zero-order chi connectivity index (χ0) is 14.4. The number of nitrogens with one attached hydrogen (secondary N) is 2. The van der Waals surface area contributed by atoms with Crippen molar-refractivity contribution in [3.63, 3.8) is 0 Å². The average Bonchev–Trinajstić information content (AvgIpc) is 3.11. The molecule has 2 aromatic heterocycles. The monoisotopic (exact) mass is 275 g/mol. The maximum Gasteiger partial charge on any atom is 0.268 e. The fourth-order valence-corrected chi connectivity index (χ4v) is 1.50. The minimum atomic E-state index is -0.344. The van der Waals surface area contributed by atoms with Gasteiger partial charge in [0.1, 0.15) is 11.8 Å². The predicted octanol–water partition coefficient (Wildman–Crippen LogP) is 0.388. The summed E-state index contributed by atoms with van der Waals surface area (Å²) in [7, 11) is 1.59. The van der Waals surface area contributed by atoms with E-state index in [1.807, 2.05) is 6.07 Å². The van der Waals surface area contributed by atoms with Crippen LogP contribution in [0.25, 0.3) is 0 Å². The van der Waals surface area contributed by atoms with Crippen LogP contribution in [-0.2, 0) is 17.7 Å². The molecular weight excluding hydrogens is 262 g/mol. The van der Waals surface area contributed by atoms with Gasteiger partial charge in [0, 0.05) is 19.7 Å². The van der Waals surface area contributed by atoms with Gasteiger partial charge in [-0.25, -0.2) is 0 Å². The highest BCUT2D eigenvalue weighted by Crippen LogP contribution is 2.03. The highest BCUT2D eigenvalue weighted by Gasteiger charge is 2.11. The van der Waals surface area contributed by atoms with Gasteiger partial charge in [0.15, 0.2) is 5.82 Å². The molecule has 1 amide bonds. The summed E-state index contributed by atoms with van der Waals surface area (Å²) in [5, 5.41) is 15.0. The summed E-state index contributed by atoms with van der Waals surface area (Å²) in [5.41, 5.74) is 0.704. The van der Waals surface area contributed by atoms with Crippen LogP contribution in [0.3, 0.4) is 0 Å². The molecule has 0 aliphatic heterocycles. The standard InChI is InChI=1S/C12H13N5O3/c1-19-3-2-10-16-11(20-17-10)7-15-12(18)9-4-8(5-13)6-14-9/h4,6,14H,2-3,7H2,1H3,(H,15,18). The van der Waals surface area contributed by atoms with Gasteiger partial charge in [0.05, 0.1) is 18.7 Å². The van der Waals surface area contributed by atoms with Crippen molar-refractivity contribution < 1.29 is 14.1 Å². The second-order valence-corrected chi connectivity index (χ2v) is 3.94. The molecule has 0 fully saturated rings. The molecule has 8 nitrogen and oxygen atoms in total. The van der Waals surface area contributed by atoms with E-state index in [4.69, 9.17) is 14.5 Å². The van der Waals surface area contributed by atoms with Crippen molar-refractivity contribution in [2.75, 3.05) is 13.7 Å². The lowest BCUT2D eigenvalue weighted by Gasteiger charge is -1.98. The molecule has 0 aliphatic rings. The van der Waals surface area contributed by atoms with E-state index in [1.165, 1.54) is 12.3 Å². The van der Waals surface area contributed by atoms with Crippen molar-refractivity contribution in [3.8, 4) is 6.07 Å². The topological polar surface area (TPSA) is 117 Å². The number of nitrogens with zero attached hydrogens (tertiary/aromatic N) is 3. The van der Waals surface area contributed by atoms with Crippen molar-refractivity contribution >= 4 is 5.91 Å². The molecule has 2 aromatic rings. The molecule has 2 N–H and O–H groups in total. The summed E-state index contributed by atoms with van der Waals surface area (Å²) in [6.07, 6.45) is 2.01. The number of ether oxygens (including phenoxy) is 1. The third kappa shape index (κ3) is 3.43. The number of H-pyrrole nitrogens is 1. The molecular formula is C12H13N5O3. The molecule has 2 rings (SSSR count). The number of hydrogen-bond acceptors (Lipinski definition) is 6. The fourth-order valence-electron chi connectivity index (χ4n) is 1.50. The van der Waals surface area contributed by atoms with Gasteiger partial charge in [0.2, 0.25) is 5.89 Å². The molecule has 8 heteroatoms. The zero-order valence-corrected chi connectivity index (χ0v) is 10.8. The van der Waals surface area contributed by atoms with E-state index < -0.39 is 0 Å². The Morgan fingerprint density at radius 3 is 3.20 bits per heavy atom. The highest BCUT2D eigenvalue weighted by molar-refractivity contribution is 5.92. The van der Waals surface area contributed by atoms with Crippen LogP contribution >= 0.6 is 0 Å². The second kappa shape index (κ2) is 6.49. The number of aromatic amines is 1. The Morgan fingerprint density at radius 2 is 2.50 bits per heavy atom. The van der Waals surface area contributed by atoms with Gasteiger partial charge >= 0.3 is 0 Å². The highest BCUT2D eigenvalue weighted by atomic mass is 16.5. The van der Waals surface area contributed by atoms with Crippen molar-refractivity contribution in [2.24, 2.45) is 0 Å². The van der Waals surface area contributed by atoms with Crippen molar-refractivity contribution in [1.82, 2.24) is 20.4 Å². The number of amides is 1. The van der Waals surface area contributed by atoms with Crippen LogP contribution in [0.2, 0.25) is 0 Å². The van der Waals surface area contributed by atoms with E-state index in [-0.39, 0.29) is 12.5 Å². The Kier molecular flexibility index (Phi) is 4.47. The lowest BCUT2D eigenvalue weighted by atomic mass is 10.3. The smallest absolute Gasteiger partial charge is 0.268 e. The second-order valence-electron chi connectivity index (χ2n) is 3.94. The van der Waals surface area contributed by atoms with Gasteiger partial charge in [-0.05, 0) is 6.07 Å². The molecule has 104 valence electrons. The maximum atomic E-state index is 11.8. The Labute approximate surface area is 114 Å². The molecule has 0 aliphatic carbocycles. The molecule has 2 heterocycles. The number of rotatable bonds is 6. The van der Waals surface area contributed by atoms with Crippen LogP contribution < -0.4 is 5.32 Å². The Morgan fingerprint density at radius 1 is 1.65 bits per heavy atom. The lowest BCUT2D eigenvalue weighted by Crippen LogP contribution is -2.23. The summed E-state index contributed by atoms with van der Waals surface area (Å²) < 4.78 is 9.88. The van der Waals surface area contributed by atoms with Crippen LogP contribution in [0, 0.1) is 11.3 Å². The average molecular weight is 275 g/mol. The van der Waals surface area contributed by atoms with Crippen LogP contribution in [0.5, 0.6) is 0 Å². The maximum absolute atomic E-state index is 11.8. The number of carbonyl (C=O) groups is 1. The SMILES string of the molecule is COCCc1noc(CNC(=O)c2cc(C#N)c[nH]2)n1. The minimum Gasteiger partial charge on any atom is -0.384 e. The first-order chi connectivity index (χ1) is 9.72. The summed E-state index contributed by atoms with van der Waals surface area (Å²) in [4.78, 5) is 18.6. The number of carbonyl (C=O) groups excluding carboxylic acids is 1. The first-order valence-electron chi connectivity index (χ1n) is 5.90. The van der Waals surface area contributed by atoms with Crippen LogP contribution in [0.1, 0.15) is 27.8 Å². The molecule has 0 atom stereocenters. The number of aromatic nitrogens is 3. The third-order valence-electron chi connectivity index (χ3n) is 2.50. The predicted molar refractivity (Wildman–Crippen MR) is 66.6 cm³/mol. The van der Waals surface area contributed by atoms with Gasteiger partial charge in [0.25, 0.3) is 5.91 Å². The molecule has 20 heavy (non-hydrogen) atoms. The molecule has 0 aromatic carbocycles. The molecule has 0 bridgehead atoms. The number of methoxy groups -OCH3 is 1. The first-order valence-corrected chi connectivity index (χ1v) is 5.90. The van der Waals surface area contributed by atoms with Crippen LogP contribution in [0.15, 0.2) is 16.8 Å². The number of nitriles is 1. The van der Waals surface area contributed by atoms with E-state index >= 15 is 0 Å². The van der Waals surface area contributed by atoms with E-state index in [0.717, 1.165) is 0 Å². The first kappa shape index (κ1) is 13.8. The Bertz CT molecular complexity index is 625. The van der Waals surface area contributed by atoms with Crippen molar-refractivity contribution in [1.29, 1.82) is 5.26 Å². The van der Waals surface area contributed by atoms with Crippen LogP contribution in [-0.4, -0.2) is 34.7 Å². The summed E-state index contributed by atoms with van der Waals surface area (Å²) in [6, 6.07) is 3.40. The molecule has 0 saturated carbocycles. The fraction of sp³-hybridized carbons (Fsp3) is 0.333. The molecule has 0 saturated heterocycles. The van der Waals surface area contributed by atoms with Gasteiger partial charge in [-0.1, -0.05) is 5.16 Å². The normalized spacial score (nSPS) is 10.2. The lowest BCUT2D eigenvalue weighted by molar-refractivity contribution is 0.0942. The Balaban J connectivity index is 1.87. The van der Waals surface area contributed by atoms with Gasteiger partial charge in [-0.15, -0.1) is 0 Å². The van der Waals surface area contributed by atoms with Gasteiger partial charge in [-0.3, -0.25) is 4.79 Å². The third-order valence-corrected chi connectivity index (χ3v) is 2.50. The quantitative estimate of drug-likeness (QED) is 0.787. The molecule has 0 unspecified atom stereocenters. The largest absolute Gasteiger partial charge is 0.384 e. The van der Waals surface area contributed by atoms with Crippen molar-refractivity contribution in [2.45, 2.75) is 13.0 Å². The van der Waals surface area contributed by atoms with E-state index in [2.05, 4.69) is 20.4 Å². The van der Waals surface area contributed by atoms with Gasteiger partial charge in [-0.2, -0.15) is 10.2 Å². The van der Waals surface area contributed by atoms with E-state index in [1.54, 1.807) is 7.11 Å². The summed E-state index contributed by atoms with van der Waals surface area (Å²) in [6.45, 7) is 0.629. The zero-order valence-electron chi connectivity index (χ0n) is 10.8. The van der Waals surface area contributed by atoms with Crippen LogP contribution in [0.4, 0.5) is 0 Å². The van der Waals surface area contributed by atoms with Gasteiger partial charge < -0.3 is 19.6 Å². The molecule has 0 radical (unpaired) electrons. The van der Waals surface area contributed by atoms with E-state index in [9.17, 15) is 4.79 Å². The minimum absolute atomic E-state index is 0.125. The number of hydrogen-bond donors (Lipinski definition) is 2. The summed E-state index contributed by atoms with van der Waals surface area (Å²) in [5.74, 6) is 0.502.